The molecule has 2 nitrogen and oxygen atoms in total. The molecule has 1 aliphatic heterocycles. The number of rotatable bonds is 5. The molecule has 1 atom stereocenters. The Kier molecular flexibility index (Phi) is 4.06. The van der Waals surface area contributed by atoms with E-state index in [2.05, 4.69) is 17.1 Å². The Balaban J connectivity index is 1.75. The predicted octanol–water partition coefficient (Wildman–Crippen LogP) is 2.35. The van der Waals surface area contributed by atoms with Crippen molar-refractivity contribution in [1.82, 2.24) is 10.2 Å². The van der Waals surface area contributed by atoms with Crippen LogP contribution in [-0.4, -0.2) is 36.6 Å². The van der Waals surface area contributed by atoms with Gasteiger partial charge in [-0.25, -0.2) is 0 Å². The zero-order valence-electron chi connectivity index (χ0n) is 9.51. The van der Waals surface area contributed by atoms with Crippen molar-refractivity contribution in [3.05, 3.63) is 11.1 Å². The Morgan fingerprint density at radius 3 is 2.93 bits per heavy atom. The van der Waals surface area contributed by atoms with Crippen LogP contribution in [0.4, 0.5) is 0 Å². The summed E-state index contributed by atoms with van der Waals surface area (Å²) in [6.07, 6.45) is 5.45. The van der Waals surface area contributed by atoms with Crippen LogP contribution in [0.1, 0.15) is 32.6 Å². The molecule has 0 amide bonds. The second-order valence-corrected chi connectivity index (χ2v) is 5.12. The smallest absolute Gasteiger partial charge is 0.0224 e. The molecule has 86 valence electrons. The molecule has 1 N–H and O–H groups in total. The van der Waals surface area contributed by atoms with Crippen molar-refractivity contribution in [3.8, 4) is 0 Å². The maximum Gasteiger partial charge on any atom is 0.0224 e. The molecular weight excluding hydrogens is 208 g/mol. The Bertz CT molecular complexity index is 236. The third kappa shape index (κ3) is 3.47. The van der Waals surface area contributed by atoms with Crippen LogP contribution in [-0.2, 0) is 0 Å². The highest BCUT2D eigenvalue weighted by atomic mass is 35.5. The SMILES string of the molecule is CC(=CCl)CN1CCCC1CNC1CC1. The van der Waals surface area contributed by atoms with Crippen molar-refractivity contribution >= 4 is 11.6 Å². The largest absolute Gasteiger partial charge is 0.312 e. The molecule has 2 rings (SSSR count). The minimum absolute atomic E-state index is 0.733. The van der Waals surface area contributed by atoms with Gasteiger partial charge in [0.1, 0.15) is 0 Å². The van der Waals surface area contributed by atoms with Gasteiger partial charge in [-0.3, -0.25) is 4.90 Å². The molecule has 0 aromatic carbocycles. The Morgan fingerprint density at radius 2 is 2.27 bits per heavy atom. The fraction of sp³-hybridized carbons (Fsp3) is 0.833. The lowest BCUT2D eigenvalue weighted by atomic mass is 10.2. The lowest BCUT2D eigenvalue weighted by Crippen LogP contribution is -2.39. The average Bonchev–Trinajstić information content (AvgIpc) is 2.97. The number of halogens is 1. The summed E-state index contributed by atoms with van der Waals surface area (Å²) < 4.78 is 0. The topological polar surface area (TPSA) is 15.3 Å². The van der Waals surface area contributed by atoms with Crippen LogP contribution < -0.4 is 5.32 Å². The third-order valence-electron chi connectivity index (χ3n) is 3.36. The maximum absolute atomic E-state index is 5.71. The monoisotopic (exact) mass is 228 g/mol. The summed E-state index contributed by atoms with van der Waals surface area (Å²) in [5, 5.41) is 3.63. The second kappa shape index (κ2) is 5.33. The fourth-order valence-electron chi connectivity index (χ4n) is 2.28. The van der Waals surface area contributed by atoms with Gasteiger partial charge in [0.2, 0.25) is 0 Å². The van der Waals surface area contributed by atoms with Gasteiger partial charge in [0.05, 0.1) is 0 Å². The van der Waals surface area contributed by atoms with Crippen LogP contribution in [0.3, 0.4) is 0 Å². The van der Waals surface area contributed by atoms with Crippen molar-refractivity contribution in [1.29, 1.82) is 0 Å². The van der Waals surface area contributed by atoms with E-state index in [9.17, 15) is 0 Å². The van der Waals surface area contributed by atoms with Crippen molar-refractivity contribution in [2.24, 2.45) is 0 Å². The van der Waals surface area contributed by atoms with Gasteiger partial charge < -0.3 is 5.32 Å². The van der Waals surface area contributed by atoms with Gasteiger partial charge in [0.25, 0.3) is 0 Å². The van der Waals surface area contributed by atoms with E-state index in [0.29, 0.717) is 0 Å². The van der Waals surface area contributed by atoms with E-state index < -0.39 is 0 Å². The molecule has 3 heteroatoms. The van der Waals surface area contributed by atoms with E-state index in [-0.39, 0.29) is 0 Å². The minimum atomic E-state index is 0.733. The molecule has 1 unspecified atom stereocenters. The first-order valence-corrected chi connectivity index (χ1v) is 6.46. The first-order valence-electron chi connectivity index (χ1n) is 6.03. The zero-order chi connectivity index (χ0) is 10.7. The van der Waals surface area contributed by atoms with Crippen LogP contribution in [0.25, 0.3) is 0 Å². The van der Waals surface area contributed by atoms with Crippen LogP contribution in [0.5, 0.6) is 0 Å². The van der Waals surface area contributed by atoms with E-state index in [1.54, 1.807) is 5.54 Å². The van der Waals surface area contributed by atoms with Crippen molar-refractivity contribution in [3.63, 3.8) is 0 Å². The zero-order valence-corrected chi connectivity index (χ0v) is 10.3. The quantitative estimate of drug-likeness (QED) is 0.777. The van der Waals surface area contributed by atoms with E-state index in [0.717, 1.165) is 18.6 Å². The summed E-state index contributed by atoms with van der Waals surface area (Å²) in [6, 6.07) is 1.56. The highest BCUT2D eigenvalue weighted by molar-refractivity contribution is 6.25. The summed E-state index contributed by atoms with van der Waals surface area (Å²) >= 11 is 5.71. The summed E-state index contributed by atoms with van der Waals surface area (Å²) in [5.41, 5.74) is 2.99. The van der Waals surface area contributed by atoms with Gasteiger partial charge >= 0.3 is 0 Å². The molecule has 0 radical (unpaired) electrons. The molecule has 2 aliphatic rings. The lowest BCUT2D eigenvalue weighted by molar-refractivity contribution is 0.267. The highest BCUT2D eigenvalue weighted by Gasteiger charge is 2.27. The molecule has 1 saturated heterocycles. The van der Waals surface area contributed by atoms with E-state index >= 15 is 0 Å². The third-order valence-corrected chi connectivity index (χ3v) is 3.73. The molecule has 0 aromatic heterocycles. The van der Waals surface area contributed by atoms with E-state index in [1.165, 1.54) is 44.3 Å². The van der Waals surface area contributed by atoms with Crippen LogP contribution >= 0.6 is 11.6 Å². The summed E-state index contributed by atoms with van der Waals surface area (Å²) in [4.78, 5) is 2.56. The van der Waals surface area contributed by atoms with Crippen LogP contribution in [0.2, 0.25) is 0 Å². The number of nitrogens with one attached hydrogen (secondary N) is 1. The van der Waals surface area contributed by atoms with Gasteiger partial charge in [0.15, 0.2) is 0 Å². The van der Waals surface area contributed by atoms with Crippen LogP contribution in [0.15, 0.2) is 11.1 Å². The number of hydrogen-bond donors (Lipinski definition) is 1. The predicted molar refractivity (Wildman–Crippen MR) is 65.2 cm³/mol. The summed E-state index contributed by atoms with van der Waals surface area (Å²) in [7, 11) is 0. The Morgan fingerprint density at radius 1 is 1.47 bits per heavy atom. The second-order valence-electron chi connectivity index (χ2n) is 4.90. The van der Waals surface area contributed by atoms with E-state index in [4.69, 9.17) is 11.6 Å². The molecule has 0 spiro atoms. The Hall–Kier alpha value is -0.0500. The molecule has 1 saturated carbocycles. The molecule has 2 fully saturated rings. The Labute approximate surface area is 97.7 Å². The van der Waals surface area contributed by atoms with E-state index in [1.807, 2.05) is 0 Å². The molecular formula is C12H21ClN2. The lowest BCUT2D eigenvalue weighted by Gasteiger charge is -2.24. The normalized spacial score (nSPS) is 28.7. The molecule has 1 aliphatic carbocycles. The van der Waals surface area contributed by atoms with Crippen molar-refractivity contribution in [2.45, 2.75) is 44.7 Å². The van der Waals surface area contributed by atoms with Gasteiger partial charge in [0, 0.05) is 30.7 Å². The molecule has 15 heavy (non-hydrogen) atoms. The standard InChI is InChI=1S/C12H21ClN2/c1-10(7-13)9-15-6-2-3-12(15)8-14-11-4-5-11/h7,11-12,14H,2-6,8-9H2,1H3. The van der Waals surface area contributed by atoms with Crippen molar-refractivity contribution in [2.75, 3.05) is 19.6 Å². The van der Waals surface area contributed by atoms with Gasteiger partial charge in [-0.15, -0.1) is 0 Å². The first-order chi connectivity index (χ1) is 7.29. The number of likely N-dealkylation sites (tertiary alicyclic amines) is 1. The van der Waals surface area contributed by atoms with Gasteiger partial charge in [-0.1, -0.05) is 11.6 Å². The number of hydrogen-bond acceptors (Lipinski definition) is 2. The van der Waals surface area contributed by atoms with Gasteiger partial charge in [-0.05, 0) is 44.7 Å². The summed E-state index contributed by atoms with van der Waals surface area (Å²) in [6.45, 7) is 5.55. The molecule has 1 heterocycles. The molecule has 0 bridgehead atoms. The maximum atomic E-state index is 5.71. The van der Waals surface area contributed by atoms with Crippen LogP contribution in [0, 0.1) is 0 Å². The summed E-state index contributed by atoms with van der Waals surface area (Å²) in [5.74, 6) is 0. The van der Waals surface area contributed by atoms with Crippen molar-refractivity contribution < 1.29 is 0 Å². The number of nitrogens with zero attached hydrogens (tertiary/aromatic N) is 1. The van der Waals surface area contributed by atoms with Gasteiger partial charge in [-0.2, -0.15) is 0 Å². The minimum Gasteiger partial charge on any atom is -0.312 e. The average molecular weight is 229 g/mol. The molecule has 0 aromatic rings. The fourth-order valence-corrected chi connectivity index (χ4v) is 2.35. The first kappa shape index (κ1) is 11.4. The highest BCUT2D eigenvalue weighted by Crippen LogP contribution is 2.22.